The van der Waals surface area contributed by atoms with E-state index in [2.05, 4.69) is 4.98 Å². The van der Waals surface area contributed by atoms with E-state index < -0.39 is 12.5 Å². The van der Waals surface area contributed by atoms with Crippen LogP contribution in [-0.4, -0.2) is 16.7 Å². The summed E-state index contributed by atoms with van der Waals surface area (Å²) in [5.74, 6) is -3.14. The average molecular weight is 147 g/mol. The van der Waals surface area contributed by atoms with Crippen molar-refractivity contribution in [3.63, 3.8) is 0 Å². The van der Waals surface area contributed by atoms with Gasteiger partial charge >= 0.3 is 5.92 Å². The van der Waals surface area contributed by atoms with Gasteiger partial charge in [-0.25, -0.2) is 0 Å². The third-order valence-electron chi connectivity index (χ3n) is 1.19. The van der Waals surface area contributed by atoms with Crippen LogP contribution in [0, 0.1) is 0 Å². The Bertz CT molecular complexity index is 196. The van der Waals surface area contributed by atoms with E-state index in [-0.39, 0.29) is 5.69 Å². The second-order valence-electron chi connectivity index (χ2n) is 1.95. The molecular weight excluding hydrogens is 140 g/mol. The van der Waals surface area contributed by atoms with Crippen molar-refractivity contribution >= 4 is 0 Å². The first kappa shape index (κ1) is 7.21. The van der Waals surface area contributed by atoms with Gasteiger partial charge in [0.2, 0.25) is 0 Å². The standard InChI is InChI=1S/C6H7F2NO/c7-6(8,4-10)5-2-1-3-9-5/h1-3,9-10H,4H2. The number of aliphatic hydroxyl groups is 1. The molecule has 10 heavy (non-hydrogen) atoms. The number of H-pyrrole nitrogens is 1. The van der Waals surface area contributed by atoms with Crippen molar-refractivity contribution in [2.75, 3.05) is 6.61 Å². The third-order valence-corrected chi connectivity index (χ3v) is 1.19. The molecule has 0 saturated carbocycles. The van der Waals surface area contributed by atoms with Crippen LogP contribution in [-0.2, 0) is 5.92 Å². The molecule has 0 bridgehead atoms. The fraction of sp³-hybridized carbons (Fsp3) is 0.333. The molecule has 0 aliphatic rings. The molecule has 0 spiro atoms. The number of aliphatic hydroxyl groups excluding tert-OH is 1. The predicted molar refractivity (Wildman–Crippen MR) is 31.8 cm³/mol. The number of rotatable bonds is 2. The van der Waals surface area contributed by atoms with Crippen LogP contribution in [0.2, 0.25) is 0 Å². The highest BCUT2D eigenvalue weighted by atomic mass is 19.3. The zero-order chi connectivity index (χ0) is 7.61. The van der Waals surface area contributed by atoms with Crippen molar-refractivity contribution in [1.29, 1.82) is 0 Å². The lowest BCUT2D eigenvalue weighted by Crippen LogP contribution is -2.18. The summed E-state index contributed by atoms with van der Waals surface area (Å²) in [6.45, 7) is -1.16. The van der Waals surface area contributed by atoms with Gasteiger partial charge in [0.25, 0.3) is 0 Å². The quantitative estimate of drug-likeness (QED) is 0.645. The van der Waals surface area contributed by atoms with Gasteiger partial charge in [0.05, 0.1) is 5.69 Å². The third kappa shape index (κ3) is 1.16. The number of aromatic amines is 1. The minimum atomic E-state index is -3.14. The highest BCUT2D eigenvalue weighted by molar-refractivity contribution is 5.09. The number of aromatic nitrogens is 1. The highest BCUT2D eigenvalue weighted by Gasteiger charge is 2.30. The number of alkyl halides is 2. The second-order valence-corrected chi connectivity index (χ2v) is 1.95. The molecule has 1 heterocycles. The molecule has 4 heteroatoms. The molecule has 1 aromatic rings. The molecule has 2 N–H and O–H groups in total. The summed E-state index contributed by atoms with van der Waals surface area (Å²) < 4.78 is 24.9. The fourth-order valence-corrected chi connectivity index (χ4v) is 0.643. The zero-order valence-corrected chi connectivity index (χ0v) is 5.14. The fourth-order valence-electron chi connectivity index (χ4n) is 0.643. The lowest BCUT2D eigenvalue weighted by Gasteiger charge is -2.09. The maximum absolute atomic E-state index is 12.4. The lowest BCUT2D eigenvalue weighted by molar-refractivity contribution is -0.0588. The summed E-state index contributed by atoms with van der Waals surface area (Å²) in [5.41, 5.74) is -0.255. The van der Waals surface area contributed by atoms with E-state index in [0.29, 0.717) is 0 Å². The Labute approximate surface area is 56.5 Å². The normalized spacial score (nSPS) is 11.9. The van der Waals surface area contributed by atoms with Gasteiger partial charge in [0, 0.05) is 6.20 Å². The van der Waals surface area contributed by atoms with Crippen molar-refractivity contribution in [2.24, 2.45) is 0 Å². The monoisotopic (exact) mass is 147 g/mol. The average Bonchev–Trinajstić information content (AvgIpc) is 2.38. The molecular formula is C6H7F2NO. The van der Waals surface area contributed by atoms with E-state index in [0.717, 1.165) is 0 Å². The van der Waals surface area contributed by atoms with E-state index in [1.54, 1.807) is 0 Å². The maximum atomic E-state index is 12.4. The Kier molecular flexibility index (Phi) is 1.72. The summed E-state index contributed by atoms with van der Waals surface area (Å²) in [6.07, 6.45) is 1.39. The van der Waals surface area contributed by atoms with Crippen LogP contribution in [0.15, 0.2) is 18.3 Å². The minimum absolute atomic E-state index is 0.255. The van der Waals surface area contributed by atoms with Gasteiger partial charge < -0.3 is 10.1 Å². The first-order valence-corrected chi connectivity index (χ1v) is 2.79. The molecule has 0 amide bonds. The number of nitrogens with one attached hydrogen (secondary N) is 1. The first-order valence-electron chi connectivity index (χ1n) is 2.79. The highest BCUT2D eigenvalue weighted by Crippen LogP contribution is 2.24. The SMILES string of the molecule is OCC(F)(F)c1ccc[nH]1. The molecule has 0 unspecified atom stereocenters. The first-order chi connectivity index (χ1) is 4.67. The molecule has 0 aliphatic carbocycles. The summed E-state index contributed by atoms with van der Waals surface area (Å²) >= 11 is 0. The molecule has 0 aromatic carbocycles. The van der Waals surface area contributed by atoms with Crippen LogP contribution in [0.3, 0.4) is 0 Å². The smallest absolute Gasteiger partial charge is 0.310 e. The molecule has 2 nitrogen and oxygen atoms in total. The minimum Gasteiger partial charge on any atom is -0.390 e. The molecule has 56 valence electrons. The number of hydrogen-bond acceptors (Lipinski definition) is 1. The van der Waals surface area contributed by atoms with E-state index in [4.69, 9.17) is 5.11 Å². The molecule has 0 radical (unpaired) electrons. The van der Waals surface area contributed by atoms with Crippen LogP contribution in [0.1, 0.15) is 5.69 Å². The zero-order valence-electron chi connectivity index (χ0n) is 5.14. The van der Waals surface area contributed by atoms with Gasteiger partial charge in [-0.05, 0) is 12.1 Å². The Morgan fingerprint density at radius 3 is 2.70 bits per heavy atom. The summed E-state index contributed by atoms with van der Waals surface area (Å²) in [5, 5.41) is 8.20. The Balaban J connectivity index is 2.85. The number of halogens is 2. The van der Waals surface area contributed by atoms with Crippen molar-refractivity contribution in [1.82, 2.24) is 4.98 Å². The van der Waals surface area contributed by atoms with Crippen molar-refractivity contribution < 1.29 is 13.9 Å². The maximum Gasteiger partial charge on any atom is 0.310 e. The topological polar surface area (TPSA) is 36.0 Å². The Morgan fingerprint density at radius 1 is 1.60 bits per heavy atom. The van der Waals surface area contributed by atoms with Crippen LogP contribution < -0.4 is 0 Å². The van der Waals surface area contributed by atoms with Gasteiger partial charge in [0.1, 0.15) is 6.61 Å². The largest absolute Gasteiger partial charge is 0.390 e. The molecule has 0 aliphatic heterocycles. The molecule has 1 aromatic heterocycles. The van der Waals surface area contributed by atoms with Crippen LogP contribution >= 0.6 is 0 Å². The summed E-state index contributed by atoms with van der Waals surface area (Å²) in [6, 6.07) is 2.69. The van der Waals surface area contributed by atoms with Crippen molar-refractivity contribution in [3.8, 4) is 0 Å². The summed E-state index contributed by atoms with van der Waals surface area (Å²) in [4.78, 5) is 2.32. The van der Waals surface area contributed by atoms with Crippen LogP contribution in [0.4, 0.5) is 8.78 Å². The van der Waals surface area contributed by atoms with Gasteiger partial charge in [-0.2, -0.15) is 8.78 Å². The molecule has 0 saturated heterocycles. The van der Waals surface area contributed by atoms with E-state index in [1.807, 2.05) is 0 Å². The van der Waals surface area contributed by atoms with Gasteiger partial charge in [0.15, 0.2) is 0 Å². The van der Waals surface area contributed by atoms with E-state index >= 15 is 0 Å². The van der Waals surface area contributed by atoms with Gasteiger partial charge in [-0.1, -0.05) is 0 Å². The second kappa shape index (κ2) is 2.38. The van der Waals surface area contributed by atoms with Crippen molar-refractivity contribution in [3.05, 3.63) is 24.0 Å². The molecule has 0 atom stereocenters. The predicted octanol–water partition coefficient (Wildman–Crippen LogP) is 1.10. The van der Waals surface area contributed by atoms with Crippen molar-refractivity contribution in [2.45, 2.75) is 5.92 Å². The Morgan fingerprint density at radius 2 is 2.30 bits per heavy atom. The Hall–Kier alpha value is -0.900. The number of hydrogen-bond donors (Lipinski definition) is 2. The van der Waals surface area contributed by atoms with Gasteiger partial charge in [-0.15, -0.1) is 0 Å². The van der Waals surface area contributed by atoms with E-state index in [1.165, 1.54) is 18.3 Å². The molecule has 0 fully saturated rings. The summed E-state index contributed by atoms with van der Waals surface area (Å²) in [7, 11) is 0. The van der Waals surface area contributed by atoms with E-state index in [9.17, 15) is 8.78 Å². The van der Waals surface area contributed by atoms with Crippen LogP contribution in [0.5, 0.6) is 0 Å². The molecule has 1 rings (SSSR count). The lowest BCUT2D eigenvalue weighted by atomic mass is 10.2. The van der Waals surface area contributed by atoms with Crippen LogP contribution in [0.25, 0.3) is 0 Å². The van der Waals surface area contributed by atoms with Gasteiger partial charge in [-0.3, -0.25) is 0 Å².